The van der Waals surface area contributed by atoms with Gasteiger partial charge in [0.2, 0.25) is 0 Å². The second kappa shape index (κ2) is 16.0. The smallest absolute Gasteiger partial charge is 0.475 e. The first-order valence-electron chi connectivity index (χ1n) is 16.7. The summed E-state index contributed by atoms with van der Waals surface area (Å²) in [4.78, 5) is 27.6. The summed E-state index contributed by atoms with van der Waals surface area (Å²) < 4.78 is 80.6. The predicted octanol–water partition coefficient (Wildman–Crippen LogP) is 7.32. The van der Waals surface area contributed by atoms with E-state index in [4.69, 9.17) is 26.2 Å². The maximum Gasteiger partial charge on any atom is 0.490 e. The van der Waals surface area contributed by atoms with Gasteiger partial charge in [0, 0.05) is 63.5 Å². The van der Waals surface area contributed by atoms with Gasteiger partial charge in [-0.3, -0.25) is 9.58 Å². The van der Waals surface area contributed by atoms with E-state index in [2.05, 4.69) is 64.9 Å². The van der Waals surface area contributed by atoms with Crippen molar-refractivity contribution >= 4 is 29.1 Å². The summed E-state index contributed by atoms with van der Waals surface area (Å²) >= 11 is 7.45. The van der Waals surface area contributed by atoms with Gasteiger partial charge >= 0.3 is 24.3 Å². The van der Waals surface area contributed by atoms with Crippen LogP contribution in [0.5, 0.6) is 0 Å². The minimum atomic E-state index is -5.08. The van der Waals surface area contributed by atoms with Gasteiger partial charge in [-0.15, -0.1) is 0 Å². The molecular formula is C35H44ClF6N5O4. The Bertz CT molecular complexity index is 1580. The molecule has 1 aliphatic carbocycles. The number of piperazine rings is 1. The monoisotopic (exact) mass is 747 g/mol. The summed E-state index contributed by atoms with van der Waals surface area (Å²) in [5.74, 6) is -3.77. The van der Waals surface area contributed by atoms with Crippen LogP contribution in [0.15, 0.2) is 54.4 Å². The van der Waals surface area contributed by atoms with E-state index in [0.29, 0.717) is 32.4 Å². The van der Waals surface area contributed by atoms with Crippen molar-refractivity contribution in [3.63, 3.8) is 0 Å². The molecule has 2 unspecified atom stereocenters. The number of carbonyl (C=O) groups excluding carboxylic acids is 1. The minimum absolute atomic E-state index is 0.0196. The number of halogens is 7. The minimum Gasteiger partial charge on any atom is -0.475 e. The van der Waals surface area contributed by atoms with Gasteiger partial charge in [0.05, 0.1) is 18.8 Å². The Labute approximate surface area is 298 Å². The maximum absolute atomic E-state index is 14.3. The number of carboxylic acid groups (broad SMARTS) is 1. The van der Waals surface area contributed by atoms with Crippen LogP contribution in [-0.2, 0) is 15.7 Å². The standard InChI is InChI=1S/C33H43ClF3N5O2.C2HF3O2/c1-5-44-30(43)27-21-38-42(29(27)33(35,36)37)25-12-9-15-40(22-25)28-20-32(34,14-13-26(28)24-10-7-6-8-11-24)41-18-16-39(17-19-41)23-31(2,3)4;3-2(4,5)1(6)7/h6-8,10-11,13-14,21,25H,5,9,12,15-20,22-23H2,1-4H3;(H,6,7). The molecule has 51 heavy (non-hydrogen) atoms. The van der Waals surface area contributed by atoms with E-state index in [1.165, 1.54) is 0 Å². The number of rotatable bonds is 7. The van der Waals surface area contributed by atoms with E-state index in [1.54, 1.807) is 6.92 Å². The van der Waals surface area contributed by atoms with E-state index >= 15 is 0 Å². The summed E-state index contributed by atoms with van der Waals surface area (Å²) in [6.45, 7) is 13.8. The molecule has 1 aromatic carbocycles. The molecule has 2 aromatic rings. The maximum atomic E-state index is 14.3. The third-order valence-electron chi connectivity index (χ3n) is 8.84. The highest BCUT2D eigenvalue weighted by molar-refractivity contribution is 6.25. The predicted molar refractivity (Wildman–Crippen MR) is 180 cm³/mol. The molecule has 9 nitrogen and oxygen atoms in total. The van der Waals surface area contributed by atoms with Gasteiger partial charge in [0.25, 0.3) is 0 Å². The molecule has 1 N–H and O–H groups in total. The van der Waals surface area contributed by atoms with Crippen LogP contribution in [0.4, 0.5) is 26.3 Å². The number of aromatic nitrogens is 2. The molecule has 0 amide bonds. The van der Waals surface area contributed by atoms with Crippen LogP contribution < -0.4 is 0 Å². The average molecular weight is 748 g/mol. The zero-order valence-electron chi connectivity index (χ0n) is 29.0. The number of nitrogens with zero attached hydrogens (tertiary/aromatic N) is 5. The summed E-state index contributed by atoms with van der Waals surface area (Å²) in [5.41, 5.74) is 1.69. The number of hydrogen-bond acceptors (Lipinski definition) is 7. The molecule has 2 atom stereocenters. The number of alkyl halides is 7. The Morgan fingerprint density at radius 1 is 1.02 bits per heavy atom. The van der Waals surface area contributed by atoms with Gasteiger partial charge < -0.3 is 19.6 Å². The van der Waals surface area contributed by atoms with Crippen LogP contribution in [0.1, 0.15) is 74.6 Å². The summed E-state index contributed by atoms with van der Waals surface area (Å²) in [6, 6.07) is 9.46. The first-order chi connectivity index (χ1) is 23.7. The number of piperidine rings is 1. The summed E-state index contributed by atoms with van der Waals surface area (Å²) in [7, 11) is 0. The molecule has 2 fully saturated rings. The van der Waals surface area contributed by atoms with Gasteiger partial charge in [-0.25, -0.2) is 9.59 Å². The molecule has 1 aromatic heterocycles. The number of ether oxygens (including phenoxy) is 1. The number of hydrogen-bond donors (Lipinski definition) is 1. The van der Waals surface area contributed by atoms with Crippen molar-refractivity contribution in [2.45, 2.75) is 70.3 Å². The van der Waals surface area contributed by atoms with Crippen LogP contribution in [0, 0.1) is 5.41 Å². The highest BCUT2D eigenvalue weighted by atomic mass is 35.5. The summed E-state index contributed by atoms with van der Waals surface area (Å²) in [5, 5.41) is 11.2. The molecule has 3 heterocycles. The van der Waals surface area contributed by atoms with Crippen molar-refractivity contribution in [1.29, 1.82) is 0 Å². The van der Waals surface area contributed by atoms with E-state index < -0.39 is 46.6 Å². The Balaban J connectivity index is 0.000000755. The zero-order chi connectivity index (χ0) is 37.8. The number of carboxylic acids is 1. The van der Waals surface area contributed by atoms with Gasteiger partial charge in [-0.2, -0.15) is 31.4 Å². The Hall–Kier alpha value is -3.56. The fourth-order valence-corrected chi connectivity index (χ4v) is 7.06. The molecular weight excluding hydrogens is 704 g/mol. The Kier molecular flexibility index (Phi) is 12.6. The number of aliphatic carboxylic acids is 1. The number of esters is 1. The normalized spacial score (nSPS) is 22.4. The van der Waals surface area contributed by atoms with Crippen molar-refractivity contribution in [3.8, 4) is 0 Å². The van der Waals surface area contributed by atoms with Crippen molar-refractivity contribution in [2.24, 2.45) is 5.41 Å². The molecule has 0 saturated carbocycles. The molecule has 2 aliphatic heterocycles. The topological polar surface area (TPSA) is 91.1 Å². The molecule has 282 valence electrons. The quantitative estimate of drug-likeness (QED) is 0.137. The molecule has 5 rings (SSSR count). The molecule has 0 bridgehead atoms. The van der Waals surface area contributed by atoms with Crippen LogP contribution in [0.2, 0.25) is 0 Å². The van der Waals surface area contributed by atoms with Gasteiger partial charge in [0.1, 0.15) is 10.6 Å². The average Bonchev–Trinajstić information content (AvgIpc) is 3.52. The molecule has 16 heteroatoms. The molecule has 2 saturated heterocycles. The SMILES string of the molecule is CCOC(=O)c1cnn(C2CCCN(C3=C(c4ccccc4)C=CC(Cl)(N4CCN(CC(C)(C)C)CC4)C3)C2)c1C(F)(F)F.O=C(O)C(F)(F)F. The van der Waals surface area contributed by atoms with Crippen LogP contribution in [-0.4, -0.2) is 105 Å². The van der Waals surface area contributed by atoms with Crippen molar-refractivity contribution in [2.75, 3.05) is 52.4 Å². The van der Waals surface area contributed by atoms with Crippen molar-refractivity contribution in [1.82, 2.24) is 24.5 Å². The van der Waals surface area contributed by atoms with E-state index in [1.807, 2.05) is 18.2 Å². The number of likely N-dealkylation sites (tertiary alicyclic amines) is 1. The van der Waals surface area contributed by atoms with Gasteiger partial charge in [0.15, 0.2) is 5.69 Å². The van der Waals surface area contributed by atoms with Crippen LogP contribution in [0.25, 0.3) is 5.57 Å². The fourth-order valence-electron chi connectivity index (χ4n) is 6.70. The van der Waals surface area contributed by atoms with E-state index in [9.17, 15) is 31.1 Å². The third kappa shape index (κ3) is 10.3. The second-order valence-corrected chi connectivity index (χ2v) is 14.6. The van der Waals surface area contributed by atoms with Crippen molar-refractivity contribution in [3.05, 3.63) is 71.2 Å². The first kappa shape index (κ1) is 40.2. The highest BCUT2D eigenvalue weighted by Gasteiger charge is 2.44. The number of carbonyl (C=O) groups is 2. The van der Waals surface area contributed by atoms with Gasteiger partial charge in [-0.1, -0.05) is 68.8 Å². The Morgan fingerprint density at radius 3 is 2.20 bits per heavy atom. The lowest BCUT2D eigenvalue weighted by molar-refractivity contribution is -0.192. The number of allylic oxidation sites excluding steroid dienone is 2. The molecule has 0 radical (unpaired) electrons. The number of benzene rings is 1. The highest BCUT2D eigenvalue weighted by Crippen LogP contribution is 2.43. The van der Waals surface area contributed by atoms with Crippen LogP contribution in [0.3, 0.4) is 0 Å². The molecule has 3 aliphatic rings. The Morgan fingerprint density at radius 2 is 1.65 bits per heavy atom. The summed E-state index contributed by atoms with van der Waals surface area (Å²) in [6.07, 6.45) is -2.98. The lowest BCUT2D eigenvalue weighted by Crippen LogP contribution is -2.56. The third-order valence-corrected chi connectivity index (χ3v) is 9.34. The first-order valence-corrected chi connectivity index (χ1v) is 17.1. The van der Waals surface area contributed by atoms with Gasteiger partial charge in [-0.05, 0) is 36.8 Å². The lowest BCUT2D eigenvalue weighted by Gasteiger charge is -2.47. The molecule has 0 spiro atoms. The van der Waals surface area contributed by atoms with E-state index in [0.717, 1.165) is 60.4 Å². The zero-order valence-corrected chi connectivity index (χ0v) is 29.8. The van der Waals surface area contributed by atoms with Crippen molar-refractivity contribution < 1.29 is 45.8 Å². The largest absolute Gasteiger partial charge is 0.490 e. The van der Waals surface area contributed by atoms with Crippen LogP contribution >= 0.6 is 11.6 Å². The van der Waals surface area contributed by atoms with E-state index in [-0.39, 0.29) is 12.0 Å². The second-order valence-electron chi connectivity index (χ2n) is 14.0. The fraction of sp³-hybridized carbons (Fsp3) is 0.571. The lowest BCUT2D eigenvalue weighted by atomic mass is 9.90.